The summed E-state index contributed by atoms with van der Waals surface area (Å²) in [4.78, 5) is 27.7. The number of thiazole rings is 1. The summed E-state index contributed by atoms with van der Waals surface area (Å²) < 4.78 is 24.7. The van der Waals surface area contributed by atoms with Crippen molar-refractivity contribution in [1.82, 2.24) is 25.0 Å². The molecule has 5 rings (SSSR count). The molecule has 11 heteroatoms. The first kappa shape index (κ1) is 23.2. The number of benzene rings is 1. The van der Waals surface area contributed by atoms with E-state index in [2.05, 4.69) is 25.4 Å². The van der Waals surface area contributed by atoms with Gasteiger partial charge in [-0.3, -0.25) is 10.3 Å². The fourth-order valence-electron chi connectivity index (χ4n) is 3.90. The van der Waals surface area contributed by atoms with Gasteiger partial charge in [0, 0.05) is 30.8 Å². The number of anilines is 1. The Bertz CT molecular complexity index is 1370. The number of hydrogen-bond donors (Lipinski definition) is 1. The van der Waals surface area contributed by atoms with E-state index >= 15 is 0 Å². The Hall–Kier alpha value is -3.60. The van der Waals surface area contributed by atoms with E-state index in [-0.39, 0.29) is 17.8 Å². The number of nitrogens with zero attached hydrogens (tertiary/aromatic N) is 5. The lowest BCUT2D eigenvalue weighted by molar-refractivity contribution is 0.222. The standard InChI is InChI=1S/C24H25FN6O3S/c1-24(2,13-25)21-28-20(30-34-21)15-6-7-31(12-15)23(32)29-22-27-18-5-4-14(9-19(18)35-22)16-8-17(33-3)11-26-10-16/h4-5,8-11,15H,6-7,12-13H2,1-3H3,(H,27,29,32). The van der Waals surface area contributed by atoms with E-state index in [0.29, 0.717) is 36.2 Å². The number of rotatable bonds is 6. The fourth-order valence-corrected chi connectivity index (χ4v) is 4.80. The summed E-state index contributed by atoms with van der Waals surface area (Å²) in [5, 5.41) is 7.47. The van der Waals surface area contributed by atoms with Gasteiger partial charge in [-0.1, -0.05) is 22.6 Å². The molecule has 1 aromatic carbocycles. The highest BCUT2D eigenvalue weighted by Crippen LogP contribution is 2.33. The summed E-state index contributed by atoms with van der Waals surface area (Å²) in [6.07, 6.45) is 4.15. The molecule has 4 aromatic rings. The number of halogens is 1. The highest BCUT2D eigenvalue weighted by molar-refractivity contribution is 7.22. The molecule has 1 unspecified atom stereocenters. The Morgan fingerprint density at radius 1 is 1.29 bits per heavy atom. The number of carbonyl (C=O) groups excluding carboxylic acids is 1. The van der Waals surface area contributed by atoms with E-state index in [1.54, 1.807) is 38.3 Å². The van der Waals surface area contributed by atoms with Crippen LogP contribution in [0.25, 0.3) is 21.3 Å². The Morgan fingerprint density at radius 3 is 2.94 bits per heavy atom. The summed E-state index contributed by atoms with van der Waals surface area (Å²) >= 11 is 1.41. The molecular weight excluding hydrogens is 471 g/mol. The second-order valence-corrected chi connectivity index (χ2v) is 10.2. The van der Waals surface area contributed by atoms with Crippen LogP contribution < -0.4 is 10.1 Å². The van der Waals surface area contributed by atoms with E-state index in [9.17, 15) is 9.18 Å². The van der Waals surface area contributed by atoms with Gasteiger partial charge in [-0.15, -0.1) is 0 Å². The van der Waals surface area contributed by atoms with Crippen molar-refractivity contribution in [1.29, 1.82) is 0 Å². The Kier molecular flexibility index (Phi) is 6.10. The second-order valence-electron chi connectivity index (χ2n) is 9.15. The van der Waals surface area contributed by atoms with Crippen molar-refractivity contribution in [2.45, 2.75) is 31.6 Å². The lowest BCUT2D eigenvalue weighted by Crippen LogP contribution is -2.32. The third-order valence-corrected chi connectivity index (χ3v) is 7.01. The predicted molar refractivity (Wildman–Crippen MR) is 131 cm³/mol. The van der Waals surface area contributed by atoms with Gasteiger partial charge in [0.15, 0.2) is 11.0 Å². The molecule has 1 atom stereocenters. The number of amides is 2. The number of pyridine rings is 1. The average molecular weight is 497 g/mol. The van der Waals surface area contributed by atoms with Gasteiger partial charge in [-0.25, -0.2) is 14.2 Å². The van der Waals surface area contributed by atoms with Gasteiger partial charge >= 0.3 is 6.03 Å². The van der Waals surface area contributed by atoms with Crippen molar-refractivity contribution >= 4 is 32.7 Å². The average Bonchev–Trinajstić information content (AvgIpc) is 3.62. The Balaban J connectivity index is 1.26. The smallest absolute Gasteiger partial charge is 0.323 e. The Morgan fingerprint density at radius 2 is 2.14 bits per heavy atom. The molecule has 9 nitrogen and oxygen atoms in total. The van der Waals surface area contributed by atoms with Gasteiger partial charge in [-0.05, 0) is 44.0 Å². The summed E-state index contributed by atoms with van der Waals surface area (Å²) in [6.45, 7) is 3.86. The van der Waals surface area contributed by atoms with Crippen molar-refractivity contribution in [2.24, 2.45) is 0 Å². The monoisotopic (exact) mass is 496 g/mol. The van der Waals surface area contributed by atoms with Crippen LogP contribution in [0.4, 0.5) is 14.3 Å². The van der Waals surface area contributed by atoms with Crippen molar-refractivity contribution < 1.29 is 18.4 Å². The predicted octanol–water partition coefficient (Wildman–Crippen LogP) is 5.02. The second kappa shape index (κ2) is 9.21. The minimum absolute atomic E-state index is 0.0527. The van der Waals surface area contributed by atoms with Gasteiger partial charge in [-0.2, -0.15) is 4.98 Å². The van der Waals surface area contributed by atoms with Gasteiger partial charge in [0.25, 0.3) is 0 Å². The molecule has 1 saturated heterocycles. The molecule has 1 aliphatic heterocycles. The number of methoxy groups -OCH3 is 1. The molecule has 3 aromatic heterocycles. The highest BCUT2D eigenvalue weighted by Gasteiger charge is 2.34. The quantitative estimate of drug-likeness (QED) is 0.399. The van der Waals surface area contributed by atoms with E-state index in [0.717, 1.165) is 21.3 Å². The molecule has 1 N–H and O–H groups in total. The number of carbonyl (C=O) groups is 1. The zero-order valence-corrected chi connectivity index (χ0v) is 20.4. The number of alkyl halides is 1. The molecule has 0 spiro atoms. The zero-order valence-electron chi connectivity index (χ0n) is 19.6. The first-order valence-electron chi connectivity index (χ1n) is 11.2. The maximum atomic E-state index is 13.2. The van der Waals surface area contributed by atoms with Crippen molar-refractivity contribution in [2.75, 3.05) is 32.2 Å². The first-order valence-corrected chi connectivity index (χ1v) is 12.0. The van der Waals surface area contributed by atoms with Gasteiger partial charge in [0.05, 0.1) is 28.9 Å². The lowest BCUT2D eigenvalue weighted by atomic mass is 9.95. The molecular formula is C24H25FN6O3S. The van der Waals surface area contributed by atoms with E-state index in [1.807, 2.05) is 24.3 Å². The van der Waals surface area contributed by atoms with Crippen LogP contribution in [0.15, 0.2) is 41.2 Å². The van der Waals surface area contributed by atoms with Gasteiger partial charge < -0.3 is 14.2 Å². The number of likely N-dealkylation sites (tertiary alicyclic amines) is 1. The minimum Gasteiger partial charge on any atom is -0.495 e. The maximum Gasteiger partial charge on any atom is 0.323 e. The van der Waals surface area contributed by atoms with E-state index < -0.39 is 12.1 Å². The van der Waals surface area contributed by atoms with Crippen molar-refractivity contribution in [3.05, 3.63) is 48.4 Å². The molecule has 0 saturated carbocycles. The molecule has 182 valence electrons. The number of ether oxygens (including phenoxy) is 1. The van der Waals surface area contributed by atoms with Crippen LogP contribution in [0.3, 0.4) is 0 Å². The van der Waals surface area contributed by atoms with Crippen LogP contribution in [-0.2, 0) is 5.41 Å². The van der Waals surface area contributed by atoms with E-state index in [1.165, 1.54) is 11.3 Å². The number of aromatic nitrogens is 4. The first-order chi connectivity index (χ1) is 16.9. The van der Waals surface area contributed by atoms with E-state index in [4.69, 9.17) is 9.26 Å². The van der Waals surface area contributed by atoms with Crippen LogP contribution in [0.1, 0.15) is 37.9 Å². The maximum absolute atomic E-state index is 13.2. The van der Waals surface area contributed by atoms with Crippen LogP contribution in [-0.4, -0.2) is 57.9 Å². The summed E-state index contributed by atoms with van der Waals surface area (Å²) in [5.41, 5.74) is 1.91. The lowest BCUT2D eigenvalue weighted by Gasteiger charge is -2.15. The summed E-state index contributed by atoms with van der Waals surface area (Å²) in [6, 6.07) is 7.62. The van der Waals surface area contributed by atoms with Crippen molar-refractivity contribution in [3.8, 4) is 16.9 Å². The van der Waals surface area contributed by atoms with Gasteiger partial charge in [0.1, 0.15) is 12.4 Å². The SMILES string of the molecule is COc1cncc(-c2ccc3nc(NC(=O)N4CCC(c5noc(C(C)(C)CF)n5)C4)sc3c2)c1. The summed E-state index contributed by atoms with van der Waals surface area (Å²) in [5.74, 6) is 1.42. The molecule has 35 heavy (non-hydrogen) atoms. The van der Waals surface area contributed by atoms with Crippen molar-refractivity contribution in [3.63, 3.8) is 0 Å². The van der Waals surface area contributed by atoms with Crippen LogP contribution in [0.5, 0.6) is 5.75 Å². The number of urea groups is 1. The zero-order chi connectivity index (χ0) is 24.6. The molecule has 1 fully saturated rings. The normalized spacial score (nSPS) is 16.1. The van der Waals surface area contributed by atoms with Crippen LogP contribution >= 0.6 is 11.3 Å². The number of nitrogens with one attached hydrogen (secondary N) is 1. The van der Waals surface area contributed by atoms with Crippen LogP contribution in [0, 0.1) is 0 Å². The minimum atomic E-state index is -0.823. The Labute approximate surface area is 205 Å². The molecule has 2 amide bonds. The number of hydrogen-bond acceptors (Lipinski definition) is 8. The topological polar surface area (TPSA) is 106 Å². The molecule has 1 aliphatic rings. The van der Waals surface area contributed by atoms with Gasteiger partial charge in [0.2, 0.25) is 5.89 Å². The molecule has 0 aliphatic carbocycles. The molecule has 0 bridgehead atoms. The number of fused-ring (bicyclic) bond motifs is 1. The van der Waals surface area contributed by atoms with Crippen LogP contribution in [0.2, 0.25) is 0 Å². The largest absolute Gasteiger partial charge is 0.495 e. The highest BCUT2D eigenvalue weighted by atomic mass is 32.1. The summed E-state index contributed by atoms with van der Waals surface area (Å²) in [7, 11) is 1.61. The third kappa shape index (κ3) is 4.68. The third-order valence-electron chi connectivity index (χ3n) is 6.08. The molecule has 4 heterocycles. The fraction of sp³-hybridized carbons (Fsp3) is 0.375. The molecule has 0 radical (unpaired) electrons.